The molecule has 0 radical (unpaired) electrons. The van der Waals surface area contributed by atoms with Crippen LogP contribution in [0.15, 0.2) is 17.5 Å². The van der Waals surface area contributed by atoms with Gasteiger partial charge in [0.1, 0.15) is 0 Å². The van der Waals surface area contributed by atoms with Gasteiger partial charge >= 0.3 is 0 Å². The summed E-state index contributed by atoms with van der Waals surface area (Å²) in [6, 6.07) is 3.99. The fraction of sp³-hybridized carbons (Fsp3) is 0.545. The van der Waals surface area contributed by atoms with E-state index < -0.39 is 0 Å². The van der Waals surface area contributed by atoms with Gasteiger partial charge < -0.3 is 10.4 Å². The Hall–Kier alpha value is -0.910. The van der Waals surface area contributed by atoms with Crippen molar-refractivity contribution in [3.63, 3.8) is 0 Å². The lowest BCUT2D eigenvalue weighted by atomic mass is 10.1. The Bertz CT molecular complexity index is 334. The van der Waals surface area contributed by atoms with Crippen LogP contribution in [-0.2, 0) is 11.3 Å². The fourth-order valence-corrected chi connectivity index (χ4v) is 2.32. The highest BCUT2D eigenvalue weighted by atomic mass is 32.1. The third-order valence-electron chi connectivity index (χ3n) is 2.63. The summed E-state index contributed by atoms with van der Waals surface area (Å²) in [5.41, 5.74) is 0. The molecule has 2 heterocycles. The predicted octanol–water partition coefficient (Wildman–Crippen LogP) is 0.431. The smallest absolute Gasteiger partial charge is 0.221 e. The highest BCUT2D eigenvalue weighted by Crippen LogP contribution is 2.08. The molecule has 4 nitrogen and oxygen atoms in total. The molecule has 0 atom stereocenters. The maximum absolute atomic E-state index is 11.5. The Morgan fingerprint density at radius 2 is 2.44 bits per heavy atom. The van der Waals surface area contributed by atoms with E-state index in [0.717, 1.165) is 6.54 Å². The van der Waals surface area contributed by atoms with Gasteiger partial charge in [0, 0.05) is 30.9 Å². The van der Waals surface area contributed by atoms with Crippen molar-refractivity contribution in [3.05, 3.63) is 22.4 Å². The maximum Gasteiger partial charge on any atom is 0.221 e. The van der Waals surface area contributed by atoms with Gasteiger partial charge in [-0.15, -0.1) is 11.3 Å². The summed E-state index contributed by atoms with van der Waals surface area (Å²) >= 11 is 1.65. The molecule has 2 rings (SSSR count). The maximum atomic E-state index is 11.5. The molecule has 1 aromatic rings. The second kappa shape index (κ2) is 5.43. The zero-order valence-corrected chi connectivity index (χ0v) is 9.87. The first-order valence-electron chi connectivity index (χ1n) is 5.43. The van der Waals surface area contributed by atoms with Crippen LogP contribution in [0.4, 0.5) is 0 Å². The van der Waals surface area contributed by atoms with E-state index in [1.807, 2.05) is 17.5 Å². The number of aliphatic hydroxyl groups is 1. The zero-order chi connectivity index (χ0) is 11.4. The molecule has 0 unspecified atom stereocenters. The van der Waals surface area contributed by atoms with Crippen molar-refractivity contribution in [1.82, 2.24) is 10.2 Å². The Kier molecular flexibility index (Phi) is 3.93. The molecule has 1 fully saturated rings. The lowest BCUT2D eigenvalue weighted by Crippen LogP contribution is -2.51. The van der Waals surface area contributed by atoms with E-state index in [9.17, 15) is 4.79 Å². The largest absolute Gasteiger partial charge is 0.390 e. The van der Waals surface area contributed by atoms with Crippen molar-refractivity contribution >= 4 is 17.2 Å². The number of β-amino-alcohol motifs (C(OH)–C–C–N with tert-alkyl or cyclic N) is 1. The van der Waals surface area contributed by atoms with E-state index in [1.54, 1.807) is 11.3 Å². The van der Waals surface area contributed by atoms with Gasteiger partial charge in [-0.25, -0.2) is 0 Å². The molecule has 1 saturated heterocycles. The van der Waals surface area contributed by atoms with Crippen LogP contribution in [0.5, 0.6) is 0 Å². The number of aliphatic hydroxyl groups excluding tert-OH is 1. The third-order valence-corrected chi connectivity index (χ3v) is 3.51. The van der Waals surface area contributed by atoms with E-state index >= 15 is 0 Å². The molecule has 0 saturated carbocycles. The van der Waals surface area contributed by atoms with Crippen LogP contribution >= 0.6 is 11.3 Å². The molecule has 2 N–H and O–H groups in total. The molecular formula is C11H16N2O2S. The van der Waals surface area contributed by atoms with Crippen LogP contribution in [0.1, 0.15) is 11.3 Å². The molecule has 1 aliphatic rings. The molecule has 88 valence electrons. The van der Waals surface area contributed by atoms with Crippen molar-refractivity contribution in [2.75, 3.05) is 19.6 Å². The minimum atomic E-state index is -0.186. The topological polar surface area (TPSA) is 52.6 Å². The summed E-state index contributed by atoms with van der Waals surface area (Å²) in [4.78, 5) is 14.7. The average Bonchev–Trinajstić information content (AvgIpc) is 2.72. The van der Waals surface area contributed by atoms with E-state index in [4.69, 9.17) is 5.11 Å². The monoisotopic (exact) mass is 240 g/mol. The molecule has 0 bridgehead atoms. The first-order valence-corrected chi connectivity index (χ1v) is 6.31. The predicted molar refractivity (Wildman–Crippen MR) is 63.2 cm³/mol. The summed E-state index contributed by atoms with van der Waals surface area (Å²) in [6.45, 7) is 2.78. The first kappa shape index (κ1) is 11.6. The molecule has 0 aromatic carbocycles. The summed E-state index contributed by atoms with van der Waals surface area (Å²) in [6.07, 6.45) is 0.326. The van der Waals surface area contributed by atoms with Gasteiger partial charge in [0.05, 0.1) is 12.6 Å². The van der Waals surface area contributed by atoms with E-state index in [0.29, 0.717) is 26.1 Å². The molecule has 1 aliphatic heterocycles. The second-order valence-corrected chi connectivity index (χ2v) is 5.05. The van der Waals surface area contributed by atoms with Crippen LogP contribution in [0, 0.1) is 0 Å². The molecule has 0 spiro atoms. The normalized spacial score (nSPS) is 17.1. The number of amides is 1. The van der Waals surface area contributed by atoms with Gasteiger partial charge in [-0.1, -0.05) is 6.07 Å². The van der Waals surface area contributed by atoms with Crippen molar-refractivity contribution in [3.8, 4) is 0 Å². The van der Waals surface area contributed by atoms with Crippen LogP contribution < -0.4 is 5.32 Å². The van der Waals surface area contributed by atoms with Crippen molar-refractivity contribution < 1.29 is 9.90 Å². The molecule has 0 aliphatic carbocycles. The van der Waals surface area contributed by atoms with Crippen LogP contribution in [0.3, 0.4) is 0 Å². The summed E-state index contributed by atoms with van der Waals surface area (Å²) in [5, 5.41) is 14.0. The van der Waals surface area contributed by atoms with Gasteiger partial charge in [-0.3, -0.25) is 9.69 Å². The quantitative estimate of drug-likeness (QED) is 0.785. The van der Waals surface area contributed by atoms with Crippen LogP contribution in [0.2, 0.25) is 0 Å². The number of hydrogen-bond acceptors (Lipinski definition) is 4. The zero-order valence-electron chi connectivity index (χ0n) is 9.06. The first-order chi connectivity index (χ1) is 7.74. The molecule has 16 heavy (non-hydrogen) atoms. The Morgan fingerprint density at radius 3 is 3.06 bits per heavy atom. The summed E-state index contributed by atoms with van der Waals surface area (Å²) in [5.74, 6) is 0.0785. The van der Waals surface area contributed by atoms with E-state index in [1.165, 1.54) is 4.88 Å². The molecule has 1 amide bonds. The number of carbonyl (C=O) groups excluding carboxylic acids is 1. The standard InChI is InChI=1S/C11H16N2O2S/c14-9-7-13(8-9)4-3-11(15)12-6-10-2-1-5-16-10/h1-2,5,9,14H,3-4,6-8H2,(H,12,15). The summed E-state index contributed by atoms with van der Waals surface area (Å²) < 4.78 is 0. The van der Waals surface area contributed by atoms with Crippen molar-refractivity contribution in [2.24, 2.45) is 0 Å². The van der Waals surface area contributed by atoms with Crippen molar-refractivity contribution in [2.45, 2.75) is 19.1 Å². The Balaban J connectivity index is 1.58. The Morgan fingerprint density at radius 1 is 1.62 bits per heavy atom. The van der Waals surface area contributed by atoms with E-state index in [2.05, 4.69) is 10.2 Å². The second-order valence-electron chi connectivity index (χ2n) is 4.02. The van der Waals surface area contributed by atoms with Crippen molar-refractivity contribution in [1.29, 1.82) is 0 Å². The number of rotatable bonds is 5. The number of nitrogens with zero attached hydrogens (tertiary/aromatic N) is 1. The highest BCUT2D eigenvalue weighted by molar-refractivity contribution is 7.09. The highest BCUT2D eigenvalue weighted by Gasteiger charge is 2.23. The number of carbonyl (C=O) groups is 1. The minimum Gasteiger partial charge on any atom is -0.390 e. The van der Waals surface area contributed by atoms with Gasteiger partial charge in [0.25, 0.3) is 0 Å². The van der Waals surface area contributed by atoms with Gasteiger partial charge in [-0.2, -0.15) is 0 Å². The molecule has 5 heteroatoms. The lowest BCUT2D eigenvalue weighted by molar-refractivity contribution is -0.122. The SMILES string of the molecule is O=C(CCN1CC(O)C1)NCc1cccs1. The third kappa shape index (κ3) is 3.30. The van der Waals surface area contributed by atoms with Gasteiger partial charge in [0.15, 0.2) is 0 Å². The fourth-order valence-electron chi connectivity index (χ4n) is 1.67. The van der Waals surface area contributed by atoms with Crippen LogP contribution in [0.25, 0.3) is 0 Å². The lowest BCUT2D eigenvalue weighted by Gasteiger charge is -2.35. The van der Waals surface area contributed by atoms with E-state index in [-0.39, 0.29) is 12.0 Å². The average molecular weight is 240 g/mol. The molecule has 1 aromatic heterocycles. The minimum absolute atomic E-state index is 0.0785. The number of hydrogen-bond donors (Lipinski definition) is 2. The van der Waals surface area contributed by atoms with Gasteiger partial charge in [0.2, 0.25) is 5.91 Å². The number of nitrogens with one attached hydrogen (secondary N) is 1. The number of likely N-dealkylation sites (tertiary alicyclic amines) is 1. The van der Waals surface area contributed by atoms with Gasteiger partial charge in [-0.05, 0) is 11.4 Å². The Labute approximate surface area is 98.9 Å². The summed E-state index contributed by atoms with van der Waals surface area (Å²) in [7, 11) is 0. The number of thiophene rings is 1. The molecular weight excluding hydrogens is 224 g/mol. The van der Waals surface area contributed by atoms with Crippen LogP contribution in [-0.4, -0.2) is 41.7 Å².